The van der Waals surface area contributed by atoms with E-state index in [1.807, 2.05) is 6.92 Å². The molecule has 86 valence electrons. The predicted octanol–water partition coefficient (Wildman–Crippen LogP) is 2.06. The predicted molar refractivity (Wildman–Crippen MR) is 59.0 cm³/mol. The molecule has 1 aromatic heterocycles. The molecule has 0 aliphatic heterocycles. The number of rotatable bonds is 3. The maximum absolute atomic E-state index is 10.9. The van der Waals surface area contributed by atoms with Gasteiger partial charge in [-0.1, -0.05) is 0 Å². The highest BCUT2D eigenvalue weighted by Crippen LogP contribution is 2.29. The van der Waals surface area contributed by atoms with Gasteiger partial charge in [-0.25, -0.2) is 9.78 Å². The second kappa shape index (κ2) is 4.51. The van der Waals surface area contributed by atoms with Crippen molar-refractivity contribution < 1.29 is 14.6 Å². The lowest BCUT2D eigenvalue weighted by molar-refractivity contribution is 0.0689. The van der Waals surface area contributed by atoms with E-state index in [4.69, 9.17) is 9.84 Å². The molecule has 0 bridgehead atoms. The summed E-state index contributed by atoms with van der Waals surface area (Å²) in [7, 11) is 0. The van der Waals surface area contributed by atoms with Gasteiger partial charge in [0.25, 0.3) is 0 Å². The minimum Gasteiger partial charge on any atom is -0.493 e. The van der Waals surface area contributed by atoms with E-state index in [0.29, 0.717) is 12.4 Å². The maximum atomic E-state index is 10.9. The average molecular weight is 221 g/mol. The molecule has 1 N–H and O–H groups in total. The second-order valence-corrected chi connectivity index (χ2v) is 3.88. The van der Waals surface area contributed by atoms with Crippen molar-refractivity contribution in [2.24, 2.45) is 0 Å². The van der Waals surface area contributed by atoms with Gasteiger partial charge in [-0.15, -0.1) is 0 Å². The lowest BCUT2D eigenvalue weighted by Crippen LogP contribution is -2.12. The Morgan fingerprint density at radius 3 is 2.94 bits per heavy atom. The monoisotopic (exact) mass is 221 g/mol. The summed E-state index contributed by atoms with van der Waals surface area (Å²) in [5, 5.41) is 8.96. The second-order valence-electron chi connectivity index (χ2n) is 3.88. The molecule has 16 heavy (non-hydrogen) atoms. The first kappa shape index (κ1) is 10.9. The standard InChI is InChI=1S/C12H15NO3/c1-2-16-11-7-10(12(14)15)13-9-6-4-3-5-8(9)11/h7H,2-6H2,1H3,(H,14,15). The Bertz CT molecular complexity index is 415. The van der Waals surface area contributed by atoms with E-state index in [1.54, 1.807) is 0 Å². The van der Waals surface area contributed by atoms with Crippen LogP contribution in [-0.2, 0) is 12.8 Å². The molecule has 1 aromatic rings. The van der Waals surface area contributed by atoms with Crippen LogP contribution in [0.4, 0.5) is 0 Å². The summed E-state index contributed by atoms with van der Waals surface area (Å²) in [6.45, 7) is 2.45. The molecular weight excluding hydrogens is 206 g/mol. The van der Waals surface area contributed by atoms with Gasteiger partial charge < -0.3 is 9.84 Å². The highest BCUT2D eigenvalue weighted by atomic mass is 16.5. The topological polar surface area (TPSA) is 59.4 Å². The van der Waals surface area contributed by atoms with Crippen molar-refractivity contribution >= 4 is 5.97 Å². The normalized spacial score (nSPS) is 14.3. The van der Waals surface area contributed by atoms with E-state index in [2.05, 4.69) is 4.98 Å². The number of carbonyl (C=O) groups is 1. The van der Waals surface area contributed by atoms with Crippen LogP contribution in [0.5, 0.6) is 5.75 Å². The molecule has 1 heterocycles. The molecule has 0 radical (unpaired) electrons. The van der Waals surface area contributed by atoms with Crippen molar-refractivity contribution in [2.45, 2.75) is 32.6 Å². The Kier molecular flexibility index (Phi) is 3.08. The van der Waals surface area contributed by atoms with Crippen LogP contribution in [-0.4, -0.2) is 22.7 Å². The van der Waals surface area contributed by atoms with Crippen molar-refractivity contribution in [3.05, 3.63) is 23.0 Å². The Balaban J connectivity index is 2.47. The number of hydrogen-bond donors (Lipinski definition) is 1. The van der Waals surface area contributed by atoms with Crippen LogP contribution in [0.15, 0.2) is 6.07 Å². The van der Waals surface area contributed by atoms with Gasteiger partial charge in [0.1, 0.15) is 5.75 Å². The molecule has 0 aromatic carbocycles. The van der Waals surface area contributed by atoms with Gasteiger partial charge in [0.2, 0.25) is 0 Å². The molecular formula is C12H15NO3. The molecule has 1 aliphatic rings. The number of aromatic nitrogens is 1. The Labute approximate surface area is 94.3 Å². The number of carboxylic acids is 1. The number of carboxylic acid groups (broad SMARTS) is 1. The molecule has 0 spiro atoms. The largest absolute Gasteiger partial charge is 0.493 e. The van der Waals surface area contributed by atoms with Gasteiger partial charge in [-0.3, -0.25) is 0 Å². The van der Waals surface area contributed by atoms with Crippen LogP contribution < -0.4 is 4.74 Å². The van der Waals surface area contributed by atoms with Crippen LogP contribution in [0.25, 0.3) is 0 Å². The van der Waals surface area contributed by atoms with Crippen molar-refractivity contribution in [3.63, 3.8) is 0 Å². The van der Waals surface area contributed by atoms with Crippen molar-refractivity contribution in [2.75, 3.05) is 6.61 Å². The molecule has 0 amide bonds. The van der Waals surface area contributed by atoms with E-state index < -0.39 is 5.97 Å². The van der Waals surface area contributed by atoms with Gasteiger partial charge in [0.15, 0.2) is 5.69 Å². The van der Waals surface area contributed by atoms with E-state index in [-0.39, 0.29) is 5.69 Å². The number of aryl methyl sites for hydroxylation is 1. The first-order chi connectivity index (χ1) is 7.72. The maximum Gasteiger partial charge on any atom is 0.354 e. The summed E-state index contributed by atoms with van der Waals surface area (Å²) in [5.74, 6) is -0.293. The molecule has 2 rings (SSSR count). The number of pyridine rings is 1. The molecule has 0 atom stereocenters. The van der Waals surface area contributed by atoms with Gasteiger partial charge in [0.05, 0.1) is 6.61 Å². The van der Waals surface area contributed by atoms with Crippen LogP contribution in [0.1, 0.15) is 41.5 Å². The third kappa shape index (κ3) is 2.01. The number of ether oxygens (including phenoxy) is 1. The fourth-order valence-electron chi connectivity index (χ4n) is 2.06. The van der Waals surface area contributed by atoms with Crippen molar-refractivity contribution in [1.29, 1.82) is 0 Å². The van der Waals surface area contributed by atoms with Crippen molar-refractivity contribution in [1.82, 2.24) is 4.98 Å². The van der Waals surface area contributed by atoms with Gasteiger partial charge in [-0.05, 0) is 32.6 Å². The lowest BCUT2D eigenvalue weighted by Gasteiger charge is -2.18. The SMILES string of the molecule is CCOc1cc(C(=O)O)nc2c1CCCC2. The van der Waals surface area contributed by atoms with E-state index in [9.17, 15) is 4.79 Å². The molecule has 0 fully saturated rings. The quantitative estimate of drug-likeness (QED) is 0.848. The summed E-state index contributed by atoms with van der Waals surface area (Å²) < 4.78 is 5.49. The molecule has 4 heteroatoms. The highest BCUT2D eigenvalue weighted by Gasteiger charge is 2.19. The van der Waals surface area contributed by atoms with Crippen LogP contribution in [0.3, 0.4) is 0 Å². The third-order valence-corrected chi connectivity index (χ3v) is 2.78. The van der Waals surface area contributed by atoms with E-state index in [1.165, 1.54) is 6.07 Å². The molecule has 0 unspecified atom stereocenters. The fraction of sp³-hybridized carbons (Fsp3) is 0.500. The molecule has 0 saturated heterocycles. The summed E-state index contributed by atoms with van der Waals surface area (Å²) in [6, 6.07) is 1.54. The average Bonchev–Trinajstić information content (AvgIpc) is 2.29. The number of nitrogens with zero attached hydrogens (tertiary/aromatic N) is 1. The zero-order valence-corrected chi connectivity index (χ0v) is 9.32. The van der Waals surface area contributed by atoms with E-state index >= 15 is 0 Å². The Hall–Kier alpha value is -1.58. The summed E-state index contributed by atoms with van der Waals surface area (Å²) in [6.07, 6.45) is 4.00. The zero-order chi connectivity index (χ0) is 11.5. The smallest absolute Gasteiger partial charge is 0.354 e. The number of aromatic carboxylic acids is 1. The lowest BCUT2D eigenvalue weighted by atomic mass is 9.95. The van der Waals surface area contributed by atoms with Crippen LogP contribution in [0, 0.1) is 0 Å². The Morgan fingerprint density at radius 1 is 1.50 bits per heavy atom. The minimum atomic E-state index is -0.991. The summed E-state index contributed by atoms with van der Waals surface area (Å²) in [5.41, 5.74) is 2.08. The van der Waals surface area contributed by atoms with Crippen LogP contribution in [0.2, 0.25) is 0 Å². The summed E-state index contributed by atoms with van der Waals surface area (Å²) >= 11 is 0. The van der Waals surface area contributed by atoms with E-state index in [0.717, 1.165) is 36.9 Å². The Morgan fingerprint density at radius 2 is 2.25 bits per heavy atom. The number of fused-ring (bicyclic) bond motifs is 1. The first-order valence-corrected chi connectivity index (χ1v) is 5.61. The van der Waals surface area contributed by atoms with Gasteiger partial charge >= 0.3 is 5.97 Å². The van der Waals surface area contributed by atoms with Crippen LogP contribution >= 0.6 is 0 Å². The first-order valence-electron chi connectivity index (χ1n) is 5.61. The fourth-order valence-corrected chi connectivity index (χ4v) is 2.06. The van der Waals surface area contributed by atoms with Gasteiger partial charge in [-0.2, -0.15) is 0 Å². The molecule has 0 saturated carbocycles. The molecule has 4 nitrogen and oxygen atoms in total. The molecule has 1 aliphatic carbocycles. The van der Waals surface area contributed by atoms with Gasteiger partial charge in [0, 0.05) is 17.3 Å². The summed E-state index contributed by atoms with van der Waals surface area (Å²) in [4.78, 5) is 15.1. The van der Waals surface area contributed by atoms with Crippen molar-refractivity contribution in [3.8, 4) is 5.75 Å². The zero-order valence-electron chi connectivity index (χ0n) is 9.32. The third-order valence-electron chi connectivity index (χ3n) is 2.78. The highest BCUT2D eigenvalue weighted by molar-refractivity contribution is 5.86. The minimum absolute atomic E-state index is 0.0871. The number of hydrogen-bond acceptors (Lipinski definition) is 3.